The Morgan fingerprint density at radius 1 is 0.850 bits per heavy atom. The van der Waals surface area contributed by atoms with E-state index in [4.69, 9.17) is 0 Å². The Kier molecular flexibility index (Phi) is 6.29. The highest BCUT2D eigenvalue weighted by Gasteiger charge is 2.34. The number of halogens is 2. The fraction of sp³-hybridized carbons (Fsp3) is 1.00. The number of hydrogen-bond acceptors (Lipinski definition) is 0. The predicted molar refractivity (Wildman–Crippen MR) is 81.3 cm³/mol. The molecule has 0 amide bonds. The molecule has 2 rings (SSSR count). The van der Waals surface area contributed by atoms with E-state index in [0.717, 1.165) is 43.4 Å². The highest BCUT2D eigenvalue weighted by molar-refractivity contribution is 4.85. The van der Waals surface area contributed by atoms with E-state index in [-0.39, 0.29) is 5.92 Å². The summed E-state index contributed by atoms with van der Waals surface area (Å²) in [6, 6.07) is 0. The zero-order chi connectivity index (χ0) is 14.5. The van der Waals surface area contributed by atoms with Crippen LogP contribution in [0.4, 0.5) is 8.78 Å². The van der Waals surface area contributed by atoms with E-state index in [1.807, 2.05) is 0 Å². The molecule has 0 aliphatic heterocycles. The molecule has 0 nitrogen and oxygen atoms in total. The van der Waals surface area contributed by atoms with Gasteiger partial charge in [-0.15, -0.1) is 0 Å². The van der Waals surface area contributed by atoms with Crippen LogP contribution in [0.5, 0.6) is 0 Å². The van der Waals surface area contributed by atoms with Crippen molar-refractivity contribution in [1.29, 1.82) is 0 Å². The first-order valence-corrected chi connectivity index (χ1v) is 8.90. The van der Waals surface area contributed by atoms with Gasteiger partial charge in [0.15, 0.2) is 0 Å². The first-order chi connectivity index (χ1) is 9.61. The molecule has 2 atom stereocenters. The molecule has 0 spiro atoms. The molecule has 2 fully saturated rings. The van der Waals surface area contributed by atoms with Crippen LogP contribution in [0.1, 0.15) is 78.1 Å². The van der Waals surface area contributed by atoms with Gasteiger partial charge < -0.3 is 0 Å². The Morgan fingerprint density at radius 2 is 1.35 bits per heavy atom. The minimum atomic E-state index is -1.29. The first kappa shape index (κ1) is 16.2. The van der Waals surface area contributed by atoms with Crippen molar-refractivity contribution in [2.45, 2.75) is 90.4 Å². The molecule has 2 aliphatic rings. The van der Waals surface area contributed by atoms with E-state index in [0.29, 0.717) is 0 Å². The van der Waals surface area contributed by atoms with Gasteiger partial charge in [0.2, 0.25) is 0 Å². The van der Waals surface area contributed by atoms with E-state index in [2.05, 4.69) is 6.92 Å². The van der Waals surface area contributed by atoms with Crippen molar-refractivity contribution in [2.24, 2.45) is 23.7 Å². The predicted octanol–water partition coefficient (Wildman–Crippen LogP) is 6.10. The third-order valence-electron chi connectivity index (χ3n) is 5.96. The van der Waals surface area contributed by atoms with E-state index >= 15 is 0 Å². The van der Waals surface area contributed by atoms with Gasteiger partial charge in [0.05, 0.1) is 0 Å². The van der Waals surface area contributed by atoms with Crippen molar-refractivity contribution < 1.29 is 8.78 Å². The third-order valence-corrected chi connectivity index (χ3v) is 5.96. The van der Waals surface area contributed by atoms with Crippen LogP contribution in [-0.4, -0.2) is 12.3 Å². The van der Waals surface area contributed by atoms with Crippen LogP contribution in [0.2, 0.25) is 0 Å². The van der Waals surface area contributed by atoms with E-state index in [9.17, 15) is 8.78 Å². The lowest BCUT2D eigenvalue weighted by molar-refractivity contribution is 0.0678. The van der Waals surface area contributed by atoms with Gasteiger partial charge in [-0.2, -0.15) is 0 Å². The lowest BCUT2D eigenvalue weighted by Gasteiger charge is -2.38. The van der Waals surface area contributed by atoms with Gasteiger partial charge in [-0.05, 0) is 69.1 Å². The van der Waals surface area contributed by atoms with Crippen LogP contribution in [0, 0.1) is 23.7 Å². The summed E-state index contributed by atoms with van der Waals surface area (Å²) in [6.07, 6.45) is 9.90. The lowest BCUT2D eigenvalue weighted by atomic mass is 9.68. The minimum absolute atomic E-state index is 0.0114. The normalized spacial score (nSPS) is 38.4. The molecule has 0 saturated heterocycles. The maximum atomic E-state index is 13.7. The van der Waals surface area contributed by atoms with Crippen LogP contribution in [0.3, 0.4) is 0 Å². The van der Waals surface area contributed by atoms with Crippen LogP contribution < -0.4 is 0 Å². The Morgan fingerprint density at radius 3 is 1.80 bits per heavy atom. The Balaban J connectivity index is 1.72. The summed E-state index contributed by atoms with van der Waals surface area (Å²) in [7, 11) is 0. The van der Waals surface area contributed by atoms with Gasteiger partial charge in [-0.3, -0.25) is 0 Å². The fourth-order valence-corrected chi connectivity index (χ4v) is 4.67. The SMILES string of the molecule is CCCC1CCC(C2CCC([C@@H](F)[C@@H](C)F)CC2)CC1. The van der Waals surface area contributed by atoms with E-state index in [1.165, 1.54) is 45.4 Å². The molecule has 0 heterocycles. The largest absolute Gasteiger partial charge is 0.245 e. The molecular weight excluding hydrogens is 254 g/mol. The lowest BCUT2D eigenvalue weighted by Crippen LogP contribution is -2.31. The molecule has 0 aromatic heterocycles. The molecule has 2 heteroatoms. The molecule has 0 bridgehead atoms. The molecule has 2 aliphatic carbocycles. The second-order valence-electron chi connectivity index (χ2n) is 7.37. The Labute approximate surface area is 123 Å². The summed E-state index contributed by atoms with van der Waals surface area (Å²) in [4.78, 5) is 0. The quantitative estimate of drug-likeness (QED) is 0.573. The van der Waals surface area contributed by atoms with E-state index in [1.54, 1.807) is 0 Å². The van der Waals surface area contributed by atoms with Crippen molar-refractivity contribution in [3.05, 3.63) is 0 Å². The summed E-state index contributed by atoms with van der Waals surface area (Å²) in [5.41, 5.74) is 0. The van der Waals surface area contributed by atoms with Crippen LogP contribution in [0.25, 0.3) is 0 Å². The van der Waals surface area contributed by atoms with Gasteiger partial charge in [0, 0.05) is 0 Å². The summed E-state index contributed by atoms with van der Waals surface area (Å²) in [5, 5.41) is 0. The third kappa shape index (κ3) is 4.18. The number of rotatable bonds is 5. The summed E-state index contributed by atoms with van der Waals surface area (Å²) in [6.45, 7) is 3.65. The minimum Gasteiger partial charge on any atom is -0.245 e. The van der Waals surface area contributed by atoms with Gasteiger partial charge in [0.25, 0.3) is 0 Å². The number of alkyl halides is 2. The van der Waals surface area contributed by atoms with Gasteiger partial charge in [-0.1, -0.05) is 32.6 Å². The van der Waals surface area contributed by atoms with Crippen LogP contribution in [-0.2, 0) is 0 Å². The van der Waals surface area contributed by atoms with E-state index < -0.39 is 12.3 Å². The zero-order valence-electron chi connectivity index (χ0n) is 13.3. The van der Waals surface area contributed by atoms with Crippen molar-refractivity contribution in [3.8, 4) is 0 Å². The smallest absolute Gasteiger partial charge is 0.134 e. The molecule has 20 heavy (non-hydrogen) atoms. The first-order valence-electron chi connectivity index (χ1n) is 8.90. The Hall–Kier alpha value is -0.140. The summed E-state index contributed by atoms with van der Waals surface area (Å²) in [5.74, 6) is 2.64. The van der Waals surface area contributed by atoms with Crippen LogP contribution >= 0.6 is 0 Å². The average molecular weight is 286 g/mol. The molecule has 0 aromatic carbocycles. The molecule has 0 N–H and O–H groups in total. The summed E-state index contributed by atoms with van der Waals surface area (Å²) < 4.78 is 26.8. The van der Waals surface area contributed by atoms with Crippen molar-refractivity contribution in [2.75, 3.05) is 0 Å². The second kappa shape index (κ2) is 7.75. The molecule has 118 valence electrons. The standard InChI is InChI=1S/C18H32F2/c1-3-4-14-5-7-15(8-6-14)16-9-11-17(12-10-16)18(20)13(2)19/h13-18H,3-12H2,1-2H3/t13-,14?,15?,16?,17?,18+/m1/s1. The molecule has 0 aromatic rings. The Bertz CT molecular complexity index is 261. The average Bonchev–Trinajstić information content (AvgIpc) is 2.48. The molecule has 0 radical (unpaired) electrons. The fourth-order valence-electron chi connectivity index (χ4n) is 4.67. The van der Waals surface area contributed by atoms with Gasteiger partial charge >= 0.3 is 0 Å². The topological polar surface area (TPSA) is 0 Å². The van der Waals surface area contributed by atoms with Crippen molar-refractivity contribution >= 4 is 0 Å². The zero-order valence-corrected chi connectivity index (χ0v) is 13.3. The number of hydrogen-bond donors (Lipinski definition) is 0. The van der Waals surface area contributed by atoms with Crippen LogP contribution in [0.15, 0.2) is 0 Å². The molecule has 0 unspecified atom stereocenters. The maximum Gasteiger partial charge on any atom is 0.134 e. The molecular formula is C18H32F2. The van der Waals surface area contributed by atoms with Crippen molar-refractivity contribution in [3.63, 3.8) is 0 Å². The van der Waals surface area contributed by atoms with Gasteiger partial charge in [0.1, 0.15) is 12.3 Å². The monoisotopic (exact) mass is 286 g/mol. The molecule has 2 saturated carbocycles. The highest BCUT2D eigenvalue weighted by atomic mass is 19.2. The van der Waals surface area contributed by atoms with Crippen molar-refractivity contribution in [1.82, 2.24) is 0 Å². The maximum absolute atomic E-state index is 13.7. The summed E-state index contributed by atoms with van der Waals surface area (Å²) >= 11 is 0. The highest BCUT2D eigenvalue weighted by Crippen LogP contribution is 2.43. The van der Waals surface area contributed by atoms with Gasteiger partial charge in [-0.25, -0.2) is 8.78 Å². The second-order valence-corrected chi connectivity index (χ2v) is 7.37.